The fourth-order valence-electron chi connectivity index (χ4n) is 1.63. The molecule has 1 unspecified atom stereocenters. The molecule has 0 spiro atoms. The monoisotopic (exact) mass is 296 g/mol. The number of carboxylic acids is 1. The van der Waals surface area contributed by atoms with E-state index in [1.165, 1.54) is 4.80 Å². The third kappa shape index (κ3) is 3.79. The fraction of sp³-hybridized carbons (Fsp3) is 0.308. The topological polar surface area (TPSA) is 71.2 Å². The second-order valence-corrected chi connectivity index (χ2v) is 4.39. The van der Waals surface area contributed by atoms with Crippen LogP contribution in [0.25, 0.3) is 5.69 Å². The number of benzene rings is 1. The molecule has 6 nitrogen and oxygen atoms in total. The van der Waals surface area contributed by atoms with Gasteiger partial charge in [-0.15, -0.1) is 12.4 Å². The van der Waals surface area contributed by atoms with Crippen molar-refractivity contribution in [3.8, 4) is 5.69 Å². The zero-order chi connectivity index (χ0) is 13.8. The summed E-state index contributed by atoms with van der Waals surface area (Å²) in [6, 6.07) is 9.02. The van der Waals surface area contributed by atoms with Gasteiger partial charge in [-0.3, -0.25) is 9.69 Å². The molecule has 2 aromatic rings. The van der Waals surface area contributed by atoms with Crippen molar-refractivity contribution in [2.45, 2.75) is 19.5 Å². The SMILES string of the molecule is CC(C(=O)O)N(C)Cc1cnn(-c2ccccc2)n1.Cl. The summed E-state index contributed by atoms with van der Waals surface area (Å²) in [7, 11) is 1.75. The summed E-state index contributed by atoms with van der Waals surface area (Å²) in [4.78, 5) is 14.1. The first-order valence-electron chi connectivity index (χ1n) is 5.97. The van der Waals surface area contributed by atoms with Crippen LogP contribution in [0.3, 0.4) is 0 Å². The van der Waals surface area contributed by atoms with Crippen molar-refractivity contribution in [3.63, 3.8) is 0 Å². The number of halogens is 1. The molecule has 0 aliphatic heterocycles. The van der Waals surface area contributed by atoms with Gasteiger partial charge < -0.3 is 5.11 Å². The first kappa shape index (κ1) is 16.1. The number of aliphatic carboxylic acids is 1. The highest BCUT2D eigenvalue weighted by atomic mass is 35.5. The van der Waals surface area contributed by atoms with Crippen molar-refractivity contribution in [2.24, 2.45) is 0 Å². The lowest BCUT2D eigenvalue weighted by atomic mass is 10.3. The molecule has 1 N–H and O–H groups in total. The van der Waals surface area contributed by atoms with Crippen molar-refractivity contribution in [2.75, 3.05) is 7.05 Å². The second-order valence-electron chi connectivity index (χ2n) is 4.39. The highest BCUT2D eigenvalue weighted by Gasteiger charge is 2.17. The maximum atomic E-state index is 10.9. The minimum atomic E-state index is -0.849. The number of para-hydroxylation sites is 1. The summed E-state index contributed by atoms with van der Waals surface area (Å²) in [6.07, 6.45) is 1.65. The van der Waals surface area contributed by atoms with Crippen LogP contribution in [-0.2, 0) is 11.3 Å². The molecule has 7 heteroatoms. The summed E-state index contributed by atoms with van der Waals surface area (Å²) in [5.41, 5.74) is 1.61. The number of hydrogen-bond donors (Lipinski definition) is 1. The van der Waals surface area contributed by atoms with Gasteiger partial charge in [0.2, 0.25) is 0 Å². The van der Waals surface area contributed by atoms with Crippen LogP contribution in [0.15, 0.2) is 36.5 Å². The first-order chi connectivity index (χ1) is 9.08. The molecule has 1 atom stereocenters. The van der Waals surface area contributed by atoms with Crippen LogP contribution < -0.4 is 0 Å². The average Bonchev–Trinajstić information content (AvgIpc) is 2.87. The number of hydrogen-bond acceptors (Lipinski definition) is 4. The molecule has 1 heterocycles. The van der Waals surface area contributed by atoms with Gasteiger partial charge in [0, 0.05) is 6.54 Å². The van der Waals surface area contributed by atoms with Gasteiger partial charge in [0.1, 0.15) is 6.04 Å². The number of carboxylic acid groups (broad SMARTS) is 1. The Labute approximate surface area is 123 Å². The van der Waals surface area contributed by atoms with Gasteiger partial charge >= 0.3 is 5.97 Å². The molecule has 0 amide bonds. The van der Waals surface area contributed by atoms with Crippen molar-refractivity contribution < 1.29 is 9.90 Å². The van der Waals surface area contributed by atoms with E-state index in [0.717, 1.165) is 11.4 Å². The number of likely N-dealkylation sites (N-methyl/N-ethyl adjacent to an activating group) is 1. The van der Waals surface area contributed by atoms with Crippen LogP contribution in [0.2, 0.25) is 0 Å². The number of aromatic nitrogens is 3. The van der Waals surface area contributed by atoms with E-state index in [1.54, 1.807) is 25.1 Å². The Hall–Kier alpha value is -1.92. The molecule has 1 aromatic heterocycles. The lowest BCUT2D eigenvalue weighted by molar-refractivity contribution is -0.142. The Morgan fingerprint density at radius 2 is 2.05 bits per heavy atom. The normalized spacial score (nSPS) is 11.9. The van der Waals surface area contributed by atoms with Gasteiger partial charge in [-0.05, 0) is 26.1 Å². The molecule has 20 heavy (non-hydrogen) atoms. The van der Waals surface area contributed by atoms with Crippen LogP contribution in [0, 0.1) is 0 Å². The Morgan fingerprint density at radius 3 is 2.65 bits per heavy atom. The highest BCUT2D eigenvalue weighted by Crippen LogP contribution is 2.07. The smallest absolute Gasteiger partial charge is 0.320 e. The largest absolute Gasteiger partial charge is 0.480 e. The number of rotatable bonds is 5. The molecular weight excluding hydrogens is 280 g/mol. The standard InChI is InChI=1S/C13H16N4O2.ClH/c1-10(13(18)19)16(2)9-11-8-14-17(15-11)12-6-4-3-5-7-12;/h3-8,10H,9H2,1-2H3,(H,18,19);1H. The second kappa shape index (κ2) is 7.02. The lowest BCUT2D eigenvalue weighted by Crippen LogP contribution is -2.35. The van der Waals surface area contributed by atoms with Crippen LogP contribution >= 0.6 is 12.4 Å². The molecule has 0 bridgehead atoms. The molecule has 0 saturated carbocycles. The van der Waals surface area contributed by atoms with Crippen molar-refractivity contribution in [3.05, 3.63) is 42.2 Å². The van der Waals surface area contributed by atoms with E-state index in [2.05, 4.69) is 10.2 Å². The van der Waals surface area contributed by atoms with E-state index in [-0.39, 0.29) is 12.4 Å². The minimum Gasteiger partial charge on any atom is -0.480 e. The van der Waals surface area contributed by atoms with Crippen molar-refractivity contribution in [1.82, 2.24) is 19.9 Å². The van der Waals surface area contributed by atoms with Crippen molar-refractivity contribution >= 4 is 18.4 Å². The maximum Gasteiger partial charge on any atom is 0.320 e. The van der Waals surface area contributed by atoms with E-state index in [0.29, 0.717) is 6.54 Å². The average molecular weight is 297 g/mol. The maximum absolute atomic E-state index is 10.9. The molecule has 0 aliphatic carbocycles. The molecule has 108 valence electrons. The fourth-order valence-corrected chi connectivity index (χ4v) is 1.63. The quantitative estimate of drug-likeness (QED) is 0.907. The molecule has 0 aliphatic rings. The van der Waals surface area contributed by atoms with Crippen LogP contribution in [0.1, 0.15) is 12.6 Å². The first-order valence-corrected chi connectivity index (χ1v) is 5.97. The highest BCUT2D eigenvalue weighted by molar-refractivity contribution is 5.85. The summed E-state index contributed by atoms with van der Waals surface area (Å²) in [5, 5.41) is 17.4. The Balaban J connectivity index is 0.00000200. The van der Waals surface area contributed by atoms with Gasteiger partial charge in [0.05, 0.1) is 17.6 Å². The van der Waals surface area contributed by atoms with E-state index in [9.17, 15) is 4.79 Å². The van der Waals surface area contributed by atoms with Gasteiger partial charge in [-0.2, -0.15) is 15.0 Å². The minimum absolute atomic E-state index is 0. The van der Waals surface area contributed by atoms with Crippen molar-refractivity contribution in [1.29, 1.82) is 0 Å². The van der Waals surface area contributed by atoms with Gasteiger partial charge in [0.25, 0.3) is 0 Å². The molecule has 0 saturated heterocycles. The summed E-state index contributed by atoms with van der Waals surface area (Å²) in [5.74, 6) is -0.849. The van der Waals surface area contributed by atoms with E-state index in [1.807, 2.05) is 30.3 Å². The Morgan fingerprint density at radius 1 is 1.40 bits per heavy atom. The van der Waals surface area contributed by atoms with E-state index in [4.69, 9.17) is 5.11 Å². The third-order valence-electron chi connectivity index (χ3n) is 2.96. The molecule has 2 rings (SSSR count). The summed E-state index contributed by atoms with van der Waals surface area (Å²) in [6.45, 7) is 2.09. The van der Waals surface area contributed by atoms with Gasteiger partial charge in [0.15, 0.2) is 0 Å². The lowest BCUT2D eigenvalue weighted by Gasteiger charge is -2.19. The summed E-state index contributed by atoms with van der Waals surface area (Å²) < 4.78 is 0. The van der Waals surface area contributed by atoms with Crippen LogP contribution in [0.5, 0.6) is 0 Å². The molecule has 1 aromatic carbocycles. The molecule has 0 fully saturated rings. The predicted octanol–water partition coefficient (Wildman–Crippen LogP) is 1.59. The summed E-state index contributed by atoms with van der Waals surface area (Å²) >= 11 is 0. The Kier molecular flexibility index (Phi) is 5.66. The van der Waals surface area contributed by atoms with E-state index < -0.39 is 12.0 Å². The number of nitrogens with zero attached hydrogens (tertiary/aromatic N) is 4. The zero-order valence-electron chi connectivity index (χ0n) is 11.3. The van der Waals surface area contributed by atoms with E-state index >= 15 is 0 Å². The van der Waals surface area contributed by atoms with Crippen LogP contribution in [-0.4, -0.2) is 44.1 Å². The van der Waals surface area contributed by atoms with Crippen LogP contribution in [0.4, 0.5) is 0 Å². The third-order valence-corrected chi connectivity index (χ3v) is 2.96. The van der Waals surface area contributed by atoms with Gasteiger partial charge in [-0.25, -0.2) is 0 Å². The molecule has 0 radical (unpaired) electrons. The predicted molar refractivity (Wildman–Crippen MR) is 77.2 cm³/mol. The van der Waals surface area contributed by atoms with Gasteiger partial charge in [-0.1, -0.05) is 18.2 Å². The zero-order valence-corrected chi connectivity index (χ0v) is 12.1. The Bertz CT molecular complexity index is 559. The molecular formula is C13H17ClN4O2. The number of carbonyl (C=O) groups is 1.